The number of aliphatic hydroxyl groups is 1. The maximum absolute atomic E-state index is 11.8. The van der Waals surface area contributed by atoms with Gasteiger partial charge in [-0.2, -0.15) is 0 Å². The number of nitrogens with one attached hydrogen (secondary N) is 1. The molecule has 0 heterocycles. The summed E-state index contributed by atoms with van der Waals surface area (Å²) in [6.45, 7) is 3.84. The molecule has 1 amide bonds. The molecule has 0 saturated carbocycles. The van der Waals surface area contributed by atoms with E-state index < -0.39 is 5.54 Å². The van der Waals surface area contributed by atoms with Gasteiger partial charge >= 0.3 is 0 Å². The standard InChI is InChI=1S/C15H20ClNO2/c1-3-15(4-2,11-18)17-14(19)10-7-12-5-8-13(16)9-6-12/h5-10,18H,3-4,11H2,1-2H3,(H,17,19)/b10-7+. The Bertz CT molecular complexity index is 428. The van der Waals surface area contributed by atoms with Crippen LogP contribution in [0.4, 0.5) is 0 Å². The molecular formula is C15H20ClNO2. The molecule has 0 radical (unpaired) electrons. The average molecular weight is 282 g/mol. The van der Waals surface area contributed by atoms with Crippen molar-refractivity contribution in [3.05, 3.63) is 40.9 Å². The Kier molecular flexibility index (Phi) is 6.06. The second-order valence-corrected chi connectivity index (χ2v) is 4.96. The van der Waals surface area contributed by atoms with Gasteiger partial charge in [0.1, 0.15) is 0 Å². The third-order valence-electron chi connectivity index (χ3n) is 3.34. The Morgan fingerprint density at radius 1 is 1.32 bits per heavy atom. The number of halogens is 1. The highest BCUT2D eigenvalue weighted by molar-refractivity contribution is 6.30. The van der Waals surface area contributed by atoms with Crippen LogP contribution in [0.25, 0.3) is 6.08 Å². The van der Waals surface area contributed by atoms with E-state index >= 15 is 0 Å². The normalized spacial score (nSPS) is 11.8. The Hall–Kier alpha value is -1.32. The number of benzene rings is 1. The molecule has 0 saturated heterocycles. The summed E-state index contributed by atoms with van der Waals surface area (Å²) in [6.07, 6.45) is 4.58. The molecule has 0 spiro atoms. The number of hydrogen-bond donors (Lipinski definition) is 2. The molecule has 3 nitrogen and oxygen atoms in total. The first-order valence-corrected chi connectivity index (χ1v) is 6.79. The van der Waals surface area contributed by atoms with E-state index in [4.69, 9.17) is 11.6 Å². The van der Waals surface area contributed by atoms with Crippen LogP contribution in [0.3, 0.4) is 0 Å². The zero-order valence-corrected chi connectivity index (χ0v) is 12.1. The molecule has 1 aromatic carbocycles. The molecule has 19 heavy (non-hydrogen) atoms. The average Bonchev–Trinajstić information content (AvgIpc) is 2.44. The minimum Gasteiger partial charge on any atom is -0.394 e. The van der Waals surface area contributed by atoms with E-state index in [2.05, 4.69) is 5.32 Å². The van der Waals surface area contributed by atoms with Crippen LogP contribution in [-0.4, -0.2) is 23.2 Å². The molecule has 0 fully saturated rings. The van der Waals surface area contributed by atoms with Crippen LogP contribution < -0.4 is 5.32 Å². The highest BCUT2D eigenvalue weighted by Gasteiger charge is 2.26. The topological polar surface area (TPSA) is 49.3 Å². The highest BCUT2D eigenvalue weighted by Crippen LogP contribution is 2.14. The highest BCUT2D eigenvalue weighted by atomic mass is 35.5. The molecule has 0 aliphatic carbocycles. The first-order chi connectivity index (χ1) is 9.05. The Morgan fingerprint density at radius 3 is 2.37 bits per heavy atom. The third-order valence-corrected chi connectivity index (χ3v) is 3.59. The largest absolute Gasteiger partial charge is 0.394 e. The van der Waals surface area contributed by atoms with Gasteiger partial charge in [0.15, 0.2) is 0 Å². The molecule has 0 bridgehead atoms. The predicted octanol–water partition coefficient (Wildman–Crippen LogP) is 3.02. The summed E-state index contributed by atoms with van der Waals surface area (Å²) in [4.78, 5) is 11.8. The van der Waals surface area contributed by atoms with Crippen molar-refractivity contribution in [1.82, 2.24) is 5.32 Å². The quantitative estimate of drug-likeness (QED) is 0.788. The first kappa shape index (κ1) is 15.7. The summed E-state index contributed by atoms with van der Waals surface area (Å²) in [6, 6.07) is 7.22. The van der Waals surface area contributed by atoms with Gasteiger partial charge in [-0.3, -0.25) is 4.79 Å². The smallest absolute Gasteiger partial charge is 0.244 e. The number of rotatable bonds is 6. The van der Waals surface area contributed by atoms with Crippen LogP contribution in [0, 0.1) is 0 Å². The van der Waals surface area contributed by atoms with Gasteiger partial charge in [0.05, 0.1) is 12.1 Å². The van der Waals surface area contributed by atoms with Crippen LogP contribution in [0.1, 0.15) is 32.3 Å². The number of carbonyl (C=O) groups excluding carboxylic acids is 1. The van der Waals surface area contributed by atoms with Crippen molar-refractivity contribution < 1.29 is 9.90 Å². The molecule has 0 aliphatic rings. The maximum Gasteiger partial charge on any atom is 0.244 e. The summed E-state index contributed by atoms with van der Waals surface area (Å²) in [5.74, 6) is -0.201. The van der Waals surface area contributed by atoms with E-state index in [1.54, 1.807) is 18.2 Å². The fraction of sp³-hybridized carbons (Fsp3) is 0.400. The minimum absolute atomic E-state index is 0.0550. The third kappa shape index (κ3) is 4.69. The summed E-state index contributed by atoms with van der Waals surface area (Å²) in [5.41, 5.74) is 0.378. The SMILES string of the molecule is CCC(CC)(CO)NC(=O)/C=C/c1ccc(Cl)cc1. The Balaban J connectivity index is 2.66. The van der Waals surface area contributed by atoms with E-state index in [1.165, 1.54) is 6.08 Å². The van der Waals surface area contributed by atoms with Crippen molar-refractivity contribution in [3.63, 3.8) is 0 Å². The summed E-state index contributed by atoms with van der Waals surface area (Å²) in [5, 5.41) is 12.9. The van der Waals surface area contributed by atoms with E-state index in [0.717, 1.165) is 5.56 Å². The van der Waals surface area contributed by atoms with Gasteiger partial charge in [0.2, 0.25) is 5.91 Å². The molecule has 104 valence electrons. The van der Waals surface area contributed by atoms with Gasteiger partial charge in [0, 0.05) is 11.1 Å². The van der Waals surface area contributed by atoms with Crippen LogP contribution >= 0.6 is 11.6 Å². The minimum atomic E-state index is -0.526. The van der Waals surface area contributed by atoms with E-state index in [0.29, 0.717) is 17.9 Å². The summed E-state index contributed by atoms with van der Waals surface area (Å²) in [7, 11) is 0. The lowest BCUT2D eigenvalue weighted by Gasteiger charge is -2.30. The summed E-state index contributed by atoms with van der Waals surface area (Å²) >= 11 is 5.79. The van der Waals surface area contributed by atoms with Crippen LogP contribution in [0.15, 0.2) is 30.3 Å². The molecular weight excluding hydrogens is 262 g/mol. The fourth-order valence-corrected chi connectivity index (χ4v) is 1.86. The number of amides is 1. The lowest BCUT2D eigenvalue weighted by atomic mass is 9.94. The molecule has 4 heteroatoms. The van der Waals surface area contributed by atoms with Gasteiger partial charge in [-0.1, -0.05) is 37.6 Å². The Labute approximate surface area is 119 Å². The monoisotopic (exact) mass is 281 g/mol. The number of carbonyl (C=O) groups is 1. The molecule has 0 unspecified atom stereocenters. The molecule has 0 aromatic heterocycles. The number of hydrogen-bond acceptors (Lipinski definition) is 2. The second-order valence-electron chi connectivity index (χ2n) is 4.52. The number of aliphatic hydroxyl groups excluding tert-OH is 1. The zero-order chi connectivity index (χ0) is 14.3. The van der Waals surface area contributed by atoms with E-state index in [-0.39, 0.29) is 12.5 Å². The fourth-order valence-electron chi connectivity index (χ4n) is 1.74. The zero-order valence-electron chi connectivity index (χ0n) is 11.3. The van der Waals surface area contributed by atoms with Crippen LogP contribution in [0.2, 0.25) is 5.02 Å². The lowest BCUT2D eigenvalue weighted by molar-refractivity contribution is -0.119. The molecule has 0 atom stereocenters. The van der Waals surface area contributed by atoms with E-state index in [1.807, 2.05) is 26.0 Å². The van der Waals surface area contributed by atoms with Gasteiger partial charge in [0.25, 0.3) is 0 Å². The van der Waals surface area contributed by atoms with Crippen molar-refractivity contribution in [1.29, 1.82) is 0 Å². The maximum atomic E-state index is 11.8. The lowest BCUT2D eigenvalue weighted by Crippen LogP contribution is -2.49. The second kappa shape index (κ2) is 7.31. The molecule has 1 rings (SSSR count). The van der Waals surface area contributed by atoms with Gasteiger partial charge in [-0.15, -0.1) is 0 Å². The van der Waals surface area contributed by atoms with Crippen molar-refractivity contribution in [2.45, 2.75) is 32.2 Å². The summed E-state index contributed by atoms with van der Waals surface area (Å²) < 4.78 is 0. The van der Waals surface area contributed by atoms with Gasteiger partial charge < -0.3 is 10.4 Å². The first-order valence-electron chi connectivity index (χ1n) is 6.42. The van der Waals surface area contributed by atoms with Crippen LogP contribution in [-0.2, 0) is 4.79 Å². The van der Waals surface area contributed by atoms with E-state index in [9.17, 15) is 9.90 Å². The molecule has 2 N–H and O–H groups in total. The van der Waals surface area contributed by atoms with Gasteiger partial charge in [-0.05, 0) is 36.6 Å². The van der Waals surface area contributed by atoms with Crippen LogP contribution in [0.5, 0.6) is 0 Å². The van der Waals surface area contributed by atoms with Crippen molar-refractivity contribution in [2.24, 2.45) is 0 Å². The Morgan fingerprint density at radius 2 is 1.89 bits per heavy atom. The molecule has 0 aliphatic heterocycles. The van der Waals surface area contributed by atoms with Crippen molar-refractivity contribution in [2.75, 3.05) is 6.61 Å². The van der Waals surface area contributed by atoms with Crippen molar-refractivity contribution in [3.8, 4) is 0 Å². The predicted molar refractivity (Wildman–Crippen MR) is 79.0 cm³/mol. The molecule has 1 aromatic rings. The van der Waals surface area contributed by atoms with Gasteiger partial charge in [-0.25, -0.2) is 0 Å². The van der Waals surface area contributed by atoms with Crippen molar-refractivity contribution >= 4 is 23.6 Å².